The van der Waals surface area contributed by atoms with Crippen LogP contribution in [0.5, 0.6) is 17.2 Å². The van der Waals surface area contributed by atoms with Crippen LogP contribution in [0.4, 0.5) is 10.5 Å². The van der Waals surface area contributed by atoms with Crippen LogP contribution in [0.2, 0.25) is 0 Å². The van der Waals surface area contributed by atoms with Gasteiger partial charge in [-0.3, -0.25) is 4.79 Å². The fourth-order valence-corrected chi connectivity index (χ4v) is 5.20. The Balaban J connectivity index is 1.20. The topological polar surface area (TPSA) is 111 Å². The maximum atomic E-state index is 12.7. The van der Waals surface area contributed by atoms with Crippen molar-refractivity contribution in [3.63, 3.8) is 0 Å². The number of hydrogen-bond acceptors (Lipinski definition) is 7. The van der Waals surface area contributed by atoms with Crippen LogP contribution in [0.15, 0.2) is 41.8 Å². The molecule has 38 heavy (non-hydrogen) atoms. The van der Waals surface area contributed by atoms with E-state index in [2.05, 4.69) is 27.0 Å². The van der Waals surface area contributed by atoms with Gasteiger partial charge in [0.2, 0.25) is 0 Å². The summed E-state index contributed by atoms with van der Waals surface area (Å²) in [6.45, 7) is 4.39. The quantitative estimate of drug-likeness (QED) is 0.345. The molecule has 0 saturated heterocycles. The maximum absolute atomic E-state index is 12.7. The van der Waals surface area contributed by atoms with Gasteiger partial charge in [0.1, 0.15) is 34.6 Å². The normalized spacial score (nSPS) is 16.8. The number of nitrogens with zero attached hydrogens (tertiary/aromatic N) is 1. The number of hydrogen-bond donors (Lipinski definition) is 3. The average molecular weight is 539 g/mol. The molecule has 202 valence electrons. The molecule has 2 aromatic carbocycles. The molecule has 0 radical (unpaired) electrons. The van der Waals surface area contributed by atoms with Gasteiger partial charge in [0.15, 0.2) is 0 Å². The second-order valence-electron chi connectivity index (χ2n) is 9.46. The number of carbonyl (C=O) groups is 2. The fraction of sp³-hybridized carbons (Fsp3) is 0.393. The van der Waals surface area contributed by atoms with Gasteiger partial charge in [-0.2, -0.15) is 0 Å². The number of amides is 3. The molecule has 1 aliphatic rings. The Morgan fingerprint density at radius 1 is 0.868 bits per heavy atom. The van der Waals surface area contributed by atoms with Gasteiger partial charge in [-0.1, -0.05) is 6.07 Å². The Morgan fingerprint density at radius 2 is 1.47 bits per heavy atom. The second kappa shape index (κ2) is 12.6. The summed E-state index contributed by atoms with van der Waals surface area (Å²) in [5.41, 5.74) is 3.27. The number of ether oxygens (including phenoxy) is 3. The Labute approximate surface area is 226 Å². The van der Waals surface area contributed by atoms with Crippen molar-refractivity contribution in [3.8, 4) is 17.2 Å². The number of aryl methyl sites for hydroxylation is 2. The van der Waals surface area contributed by atoms with Crippen molar-refractivity contribution in [1.82, 2.24) is 15.6 Å². The summed E-state index contributed by atoms with van der Waals surface area (Å²) in [7, 11) is 3.12. The first-order chi connectivity index (χ1) is 18.3. The van der Waals surface area contributed by atoms with E-state index in [1.54, 1.807) is 37.8 Å². The van der Waals surface area contributed by atoms with Crippen LogP contribution >= 0.6 is 11.3 Å². The zero-order valence-electron chi connectivity index (χ0n) is 22.1. The molecule has 0 spiro atoms. The number of rotatable bonds is 9. The van der Waals surface area contributed by atoms with Crippen LogP contribution in [0.1, 0.15) is 52.3 Å². The number of urea groups is 1. The Bertz CT molecular complexity index is 1230. The lowest BCUT2D eigenvalue weighted by Gasteiger charge is -2.29. The first-order valence-electron chi connectivity index (χ1n) is 12.6. The van der Waals surface area contributed by atoms with E-state index in [9.17, 15) is 9.59 Å². The molecule has 1 aromatic heterocycles. The SMILES string of the molecule is COc1cc(NC(=O)NC2CCC(NC(=O)c3csc(COc4cc(C)cc(C)c4)n3)CC2)cc(OC)c1. The Hall–Kier alpha value is -3.79. The highest BCUT2D eigenvalue weighted by atomic mass is 32.1. The number of nitrogens with one attached hydrogen (secondary N) is 3. The van der Waals surface area contributed by atoms with Crippen molar-refractivity contribution in [3.05, 3.63) is 63.6 Å². The molecule has 1 saturated carbocycles. The summed E-state index contributed by atoms with van der Waals surface area (Å²) >= 11 is 1.41. The summed E-state index contributed by atoms with van der Waals surface area (Å²) in [6.07, 6.45) is 3.09. The lowest BCUT2D eigenvalue weighted by molar-refractivity contribution is 0.0919. The third kappa shape index (κ3) is 7.61. The summed E-state index contributed by atoms with van der Waals surface area (Å²) in [5.74, 6) is 1.81. The molecular weight excluding hydrogens is 504 g/mol. The minimum absolute atomic E-state index is 0.0314. The molecule has 1 aliphatic carbocycles. The zero-order chi connectivity index (χ0) is 27.1. The smallest absolute Gasteiger partial charge is 0.319 e. The third-order valence-electron chi connectivity index (χ3n) is 6.35. The largest absolute Gasteiger partial charge is 0.497 e. The molecule has 10 heteroatoms. The van der Waals surface area contributed by atoms with Crippen LogP contribution in [-0.2, 0) is 6.61 Å². The number of methoxy groups -OCH3 is 2. The van der Waals surface area contributed by atoms with E-state index in [0.717, 1.165) is 47.6 Å². The Kier molecular flexibility index (Phi) is 9.06. The van der Waals surface area contributed by atoms with Crippen LogP contribution < -0.4 is 30.2 Å². The van der Waals surface area contributed by atoms with Gasteiger partial charge in [-0.25, -0.2) is 9.78 Å². The van der Waals surface area contributed by atoms with Gasteiger partial charge in [0.05, 0.1) is 14.2 Å². The second-order valence-corrected chi connectivity index (χ2v) is 10.4. The molecular formula is C28H34N4O5S. The lowest BCUT2D eigenvalue weighted by Crippen LogP contribution is -2.45. The predicted octanol–water partition coefficient (Wildman–Crippen LogP) is 5.22. The zero-order valence-corrected chi connectivity index (χ0v) is 22.9. The lowest BCUT2D eigenvalue weighted by atomic mass is 9.91. The van der Waals surface area contributed by atoms with Gasteiger partial charge in [0, 0.05) is 41.4 Å². The van der Waals surface area contributed by atoms with Crippen molar-refractivity contribution in [2.75, 3.05) is 19.5 Å². The predicted molar refractivity (Wildman–Crippen MR) is 148 cm³/mol. The van der Waals surface area contributed by atoms with Crippen molar-refractivity contribution < 1.29 is 23.8 Å². The maximum Gasteiger partial charge on any atom is 0.319 e. The van der Waals surface area contributed by atoms with Gasteiger partial charge in [-0.15, -0.1) is 11.3 Å². The summed E-state index contributed by atoms with van der Waals surface area (Å²) in [5, 5.41) is 11.5. The van der Waals surface area contributed by atoms with Gasteiger partial charge in [0.25, 0.3) is 5.91 Å². The molecule has 0 aliphatic heterocycles. The number of benzene rings is 2. The monoisotopic (exact) mass is 538 g/mol. The summed E-state index contributed by atoms with van der Waals surface area (Å²) in [6, 6.07) is 11.1. The van der Waals surface area contributed by atoms with E-state index in [1.165, 1.54) is 11.3 Å². The van der Waals surface area contributed by atoms with Crippen molar-refractivity contribution >= 4 is 29.0 Å². The summed E-state index contributed by atoms with van der Waals surface area (Å²) < 4.78 is 16.4. The van der Waals surface area contributed by atoms with Crippen molar-refractivity contribution in [2.45, 2.75) is 58.2 Å². The first-order valence-corrected chi connectivity index (χ1v) is 13.5. The minimum Gasteiger partial charge on any atom is -0.497 e. The standard InChI is InChI=1S/C28H34N4O5S/c1-17-9-18(2)11-24(10-17)37-15-26-32-25(16-38-26)27(33)29-19-5-7-20(8-6-19)30-28(34)31-21-12-22(35-3)14-23(13-21)36-4/h9-14,16,19-20H,5-8,15H2,1-4H3,(H,29,33)(H2,30,31,34). The number of aromatic nitrogens is 1. The molecule has 3 amide bonds. The number of thiazole rings is 1. The van der Waals surface area contributed by atoms with Gasteiger partial charge in [-0.05, 0) is 62.8 Å². The third-order valence-corrected chi connectivity index (χ3v) is 7.17. The van der Waals surface area contributed by atoms with E-state index >= 15 is 0 Å². The molecule has 0 bridgehead atoms. The molecule has 4 rings (SSSR count). The number of carbonyl (C=O) groups excluding carboxylic acids is 2. The highest BCUT2D eigenvalue weighted by Crippen LogP contribution is 2.26. The van der Waals surface area contributed by atoms with Crippen LogP contribution in [0.25, 0.3) is 0 Å². The minimum atomic E-state index is -0.286. The molecule has 1 heterocycles. The first kappa shape index (κ1) is 27.3. The molecule has 3 N–H and O–H groups in total. The van der Waals surface area contributed by atoms with Crippen molar-refractivity contribution in [2.24, 2.45) is 0 Å². The summed E-state index contributed by atoms with van der Waals surface area (Å²) in [4.78, 5) is 29.7. The average Bonchev–Trinajstić information content (AvgIpc) is 3.37. The van der Waals surface area contributed by atoms with Gasteiger partial charge >= 0.3 is 6.03 Å². The molecule has 1 fully saturated rings. The van der Waals surface area contributed by atoms with Crippen LogP contribution in [0.3, 0.4) is 0 Å². The fourth-order valence-electron chi connectivity index (χ4n) is 4.52. The van der Waals surface area contributed by atoms with Crippen LogP contribution in [0, 0.1) is 13.8 Å². The highest BCUT2D eigenvalue weighted by molar-refractivity contribution is 7.09. The van der Waals surface area contributed by atoms with Crippen molar-refractivity contribution in [1.29, 1.82) is 0 Å². The number of anilines is 1. The molecule has 3 aromatic rings. The Morgan fingerprint density at radius 3 is 2.08 bits per heavy atom. The van der Waals surface area contributed by atoms with E-state index in [4.69, 9.17) is 14.2 Å². The molecule has 9 nitrogen and oxygen atoms in total. The van der Waals surface area contributed by atoms with Gasteiger partial charge < -0.3 is 30.2 Å². The molecule has 0 atom stereocenters. The van der Waals surface area contributed by atoms with E-state index < -0.39 is 0 Å². The molecule has 0 unspecified atom stereocenters. The highest BCUT2D eigenvalue weighted by Gasteiger charge is 2.25. The van der Waals surface area contributed by atoms with E-state index in [0.29, 0.717) is 29.5 Å². The van der Waals surface area contributed by atoms with E-state index in [-0.39, 0.29) is 24.0 Å². The van der Waals surface area contributed by atoms with Crippen LogP contribution in [-0.4, -0.2) is 43.2 Å². The van der Waals surface area contributed by atoms with E-state index in [1.807, 2.05) is 26.0 Å².